The molecule has 1 unspecified atom stereocenters. The van der Waals surface area contributed by atoms with Crippen molar-refractivity contribution < 1.29 is 4.79 Å². The summed E-state index contributed by atoms with van der Waals surface area (Å²) in [5.74, 6) is 0.846. The third-order valence-corrected chi connectivity index (χ3v) is 8.13. The van der Waals surface area contributed by atoms with Crippen LogP contribution in [0, 0.1) is 17.2 Å². The molecule has 1 aliphatic carbocycles. The Morgan fingerprint density at radius 2 is 1.85 bits per heavy atom. The summed E-state index contributed by atoms with van der Waals surface area (Å²) in [7, 11) is 0. The first kappa shape index (κ1) is 22.7. The lowest BCUT2D eigenvalue weighted by Gasteiger charge is -2.32. The summed E-state index contributed by atoms with van der Waals surface area (Å²) in [6, 6.07) is 21.3. The number of hydrogen-bond donors (Lipinski definition) is 0. The normalized spacial score (nSPS) is 19.5. The zero-order chi connectivity index (χ0) is 23.5. The second-order valence-electron chi connectivity index (χ2n) is 10.1. The average Bonchev–Trinajstić information content (AvgIpc) is 3.62. The molecule has 2 heterocycles. The van der Waals surface area contributed by atoms with Gasteiger partial charge in [0.05, 0.1) is 17.6 Å². The number of hydrogen-bond acceptors (Lipinski definition) is 2. The van der Waals surface area contributed by atoms with Crippen LogP contribution in [0.3, 0.4) is 0 Å². The number of nitriles is 1. The van der Waals surface area contributed by atoms with Gasteiger partial charge in [-0.15, -0.1) is 0 Å². The largest absolute Gasteiger partial charge is 0.345 e. The standard InChI is InChI=1S/C30H35N3O/c1-2-32-27(20-25-15-14-22(21-31)19-28(25)32)17-16-26-13-8-18-33(26)30(34)29(24-11-6-7-12-24)23-9-4-3-5-10-23/h3-5,9-10,14-15,19-20,24,26,29H,2,6-8,11-13,16-18H2,1H3/t26?,29-/m1/s1. The molecule has 2 aliphatic rings. The van der Waals surface area contributed by atoms with Crippen molar-refractivity contribution >= 4 is 16.8 Å². The number of rotatable bonds is 7. The second-order valence-corrected chi connectivity index (χ2v) is 10.1. The van der Waals surface area contributed by atoms with Crippen molar-refractivity contribution in [2.75, 3.05) is 6.54 Å². The highest BCUT2D eigenvalue weighted by atomic mass is 16.2. The van der Waals surface area contributed by atoms with Crippen LogP contribution >= 0.6 is 0 Å². The lowest BCUT2D eigenvalue weighted by molar-refractivity contribution is -0.135. The Labute approximate surface area is 203 Å². The van der Waals surface area contributed by atoms with Crippen molar-refractivity contribution in [1.82, 2.24) is 9.47 Å². The maximum absolute atomic E-state index is 14.0. The van der Waals surface area contributed by atoms with E-state index in [4.69, 9.17) is 0 Å². The van der Waals surface area contributed by atoms with Gasteiger partial charge in [0.15, 0.2) is 0 Å². The number of aromatic nitrogens is 1. The molecule has 5 rings (SSSR count). The van der Waals surface area contributed by atoms with Crippen molar-refractivity contribution in [2.45, 2.75) is 76.8 Å². The fourth-order valence-electron chi connectivity index (χ4n) is 6.45. The van der Waals surface area contributed by atoms with Crippen molar-refractivity contribution in [2.24, 2.45) is 5.92 Å². The number of carbonyl (C=O) groups excluding carboxylic acids is 1. The van der Waals surface area contributed by atoms with Crippen molar-refractivity contribution in [1.29, 1.82) is 5.26 Å². The minimum absolute atomic E-state index is 0.00999. The molecule has 0 radical (unpaired) electrons. The molecule has 4 heteroatoms. The minimum atomic E-state index is 0.00999. The fraction of sp³-hybridized carbons (Fsp3) is 0.467. The van der Waals surface area contributed by atoms with Crippen molar-refractivity contribution in [3.63, 3.8) is 0 Å². The summed E-state index contributed by atoms with van der Waals surface area (Å²) in [4.78, 5) is 16.2. The Kier molecular flexibility index (Phi) is 6.72. The molecule has 34 heavy (non-hydrogen) atoms. The second kappa shape index (κ2) is 10.1. The highest BCUT2D eigenvalue weighted by Gasteiger charge is 2.38. The summed E-state index contributed by atoms with van der Waals surface area (Å²) >= 11 is 0. The van der Waals surface area contributed by atoms with Gasteiger partial charge in [-0.3, -0.25) is 4.79 Å². The SMILES string of the molecule is CCn1c(CCC2CCCN2C(=O)[C@H](c2ccccc2)C2CCCC2)cc2ccc(C#N)cc21. The van der Waals surface area contributed by atoms with E-state index in [0.29, 0.717) is 23.4 Å². The topological polar surface area (TPSA) is 49.0 Å². The molecule has 0 spiro atoms. The molecule has 4 nitrogen and oxygen atoms in total. The third-order valence-electron chi connectivity index (χ3n) is 8.13. The van der Waals surface area contributed by atoms with Gasteiger partial charge in [0.1, 0.15) is 0 Å². The Morgan fingerprint density at radius 3 is 2.59 bits per heavy atom. The van der Waals surface area contributed by atoms with Gasteiger partial charge in [0, 0.05) is 30.3 Å². The molecule has 1 saturated heterocycles. The summed E-state index contributed by atoms with van der Waals surface area (Å²) in [6.07, 6.45) is 9.00. The lowest BCUT2D eigenvalue weighted by Crippen LogP contribution is -2.41. The maximum Gasteiger partial charge on any atom is 0.230 e. The first-order valence-corrected chi connectivity index (χ1v) is 13.1. The van der Waals surface area contributed by atoms with E-state index in [1.807, 2.05) is 18.2 Å². The zero-order valence-electron chi connectivity index (χ0n) is 20.2. The molecule has 3 aromatic rings. The minimum Gasteiger partial charge on any atom is -0.345 e. The molecular weight excluding hydrogens is 418 g/mol. The van der Waals surface area contributed by atoms with E-state index >= 15 is 0 Å². The molecule has 0 N–H and O–H groups in total. The van der Waals surface area contributed by atoms with Crippen LogP contribution in [-0.2, 0) is 17.8 Å². The fourth-order valence-corrected chi connectivity index (χ4v) is 6.45. The van der Waals surface area contributed by atoms with Crippen LogP contribution in [0.2, 0.25) is 0 Å². The molecule has 1 aliphatic heterocycles. The number of benzene rings is 2. The van der Waals surface area contributed by atoms with Gasteiger partial charge in [-0.25, -0.2) is 0 Å². The number of nitrogens with zero attached hydrogens (tertiary/aromatic N) is 3. The smallest absolute Gasteiger partial charge is 0.230 e. The predicted octanol–water partition coefficient (Wildman–Crippen LogP) is 6.43. The quantitative estimate of drug-likeness (QED) is 0.414. The molecule has 1 aromatic heterocycles. The molecule has 0 bridgehead atoms. The predicted molar refractivity (Wildman–Crippen MR) is 137 cm³/mol. The molecule has 1 amide bonds. The van der Waals surface area contributed by atoms with E-state index in [1.165, 1.54) is 42.3 Å². The van der Waals surface area contributed by atoms with Crippen LogP contribution in [0.4, 0.5) is 0 Å². The van der Waals surface area contributed by atoms with Gasteiger partial charge in [-0.05, 0) is 80.5 Å². The Balaban J connectivity index is 1.35. The Morgan fingerprint density at radius 1 is 1.06 bits per heavy atom. The van der Waals surface area contributed by atoms with Gasteiger partial charge < -0.3 is 9.47 Å². The van der Waals surface area contributed by atoms with Gasteiger partial charge in [-0.2, -0.15) is 5.26 Å². The van der Waals surface area contributed by atoms with E-state index < -0.39 is 0 Å². The average molecular weight is 454 g/mol. The van der Waals surface area contributed by atoms with E-state index in [1.54, 1.807) is 0 Å². The lowest BCUT2D eigenvalue weighted by atomic mass is 9.83. The van der Waals surface area contributed by atoms with Gasteiger partial charge >= 0.3 is 0 Å². The molecule has 176 valence electrons. The van der Waals surface area contributed by atoms with Crippen molar-refractivity contribution in [3.05, 3.63) is 71.4 Å². The van der Waals surface area contributed by atoms with Gasteiger partial charge in [0.25, 0.3) is 0 Å². The van der Waals surface area contributed by atoms with Crippen LogP contribution in [0.1, 0.15) is 74.6 Å². The van der Waals surface area contributed by atoms with Crippen LogP contribution in [-0.4, -0.2) is 28.0 Å². The summed E-state index contributed by atoms with van der Waals surface area (Å²) < 4.78 is 2.34. The van der Waals surface area contributed by atoms with Crippen molar-refractivity contribution in [3.8, 4) is 6.07 Å². The van der Waals surface area contributed by atoms with Crippen LogP contribution in [0.15, 0.2) is 54.6 Å². The van der Waals surface area contributed by atoms with E-state index in [2.05, 4.69) is 58.9 Å². The molecule has 1 saturated carbocycles. The first-order valence-electron chi connectivity index (χ1n) is 13.1. The number of fused-ring (bicyclic) bond motifs is 1. The molecule has 2 aromatic carbocycles. The summed E-state index contributed by atoms with van der Waals surface area (Å²) in [6.45, 7) is 3.94. The van der Waals surface area contributed by atoms with E-state index in [-0.39, 0.29) is 5.92 Å². The van der Waals surface area contributed by atoms with E-state index in [9.17, 15) is 10.1 Å². The highest BCUT2D eigenvalue weighted by Crippen LogP contribution is 2.40. The van der Waals surface area contributed by atoms with Crippen LogP contribution in [0.5, 0.6) is 0 Å². The van der Waals surface area contributed by atoms with Crippen LogP contribution < -0.4 is 0 Å². The van der Waals surface area contributed by atoms with Gasteiger partial charge in [-0.1, -0.05) is 49.2 Å². The zero-order valence-corrected chi connectivity index (χ0v) is 20.2. The molecular formula is C30H35N3O. The third kappa shape index (κ3) is 4.37. The number of likely N-dealkylation sites (tertiary alicyclic amines) is 1. The maximum atomic E-state index is 14.0. The Hall–Kier alpha value is -3.06. The highest BCUT2D eigenvalue weighted by molar-refractivity contribution is 5.85. The molecule has 2 atom stereocenters. The number of aryl methyl sites for hydroxylation is 2. The monoisotopic (exact) mass is 453 g/mol. The summed E-state index contributed by atoms with van der Waals surface area (Å²) in [5, 5.41) is 10.5. The van der Waals surface area contributed by atoms with E-state index in [0.717, 1.165) is 44.3 Å². The number of carbonyl (C=O) groups is 1. The Bertz CT molecular complexity index is 1180. The van der Waals surface area contributed by atoms with Gasteiger partial charge in [0.2, 0.25) is 5.91 Å². The molecule has 2 fully saturated rings. The first-order chi connectivity index (χ1) is 16.7. The summed E-state index contributed by atoms with van der Waals surface area (Å²) in [5.41, 5.74) is 4.35. The van der Waals surface area contributed by atoms with Crippen LogP contribution in [0.25, 0.3) is 10.9 Å². The number of amides is 1.